The molecule has 0 spiro atoms. The molecule has 6 rings (SSSR count). The number of nitrogens with two attached hydrogens (primary N) is 1. The number of amides is 1. The maximum atomic E-state index is 14.3. The normalized spacial score (nSPS) is 14.3. The number of hydrogen-bond donors (Lipinski definition) is 2. The van der Waals surface area contributed by atoms with E-state index in [4.69, 9.17) is 33.7 Å². The first-order chi connectivity index (χ1) is 19.8. The zero-order valence-electron chi connectivity index (χ0n) is 21.3. The van der Waals surface area contributed by atoms with Crippen LogP contribution in [0.3, 0.4) is 0 Å². The van der Waals surface area contributed by atoms with Gasteiger partial charge in [-0.1, -0.05) is 65.2 Å². The van der Waals surface area contributed by atoms with Crippen molar-refractivity contribution in [3.8, 4) is 17.6 Å². The highest BCUT2D eigenvalue weighted by Gasteiger charge is 2.38. The Labute approximate surface area is 242 Å². The average Bonchev–Trinajstić information content (AvgIpc) is 3.33. The lowest BCUT2D eigenvalue weighted by atomic mass is 9.85. The van der Waals surface area contributed by atoms with E-state index in [2.05, 4.69) is 15.4 Å². The van der Waals surface area contributed by atoms with Crippen molar-refractivity contribution in [1.29, 1.82) is 5.26 Å². The first-order valence-corrected chi connectivity index (χ1v) is 13.0. The predicted molar refractivity (Wildman–Crippen MR) is 153 cm³/mol. The first-order valence-electron chi connectivity index (χ1n) is 12.3. The molecule has 3 N–H and O–H groups in total. The van der Waals surface area contributed by atoms with Crippen molar-refractivity contribution >= 4 is 40.6 Å². The van der Waals surface area contributed by atoms with Gasteiger partial charge < -0.3 is 15.8 Å². The summed E-state index contributed by atoms with van der Waals surface area (Å²) >= 11 is 12.6. The molecule has 5 aromatic rings. The van der Waals surface area contributed by atoms with E-state index in [1.165, 1.54) is 10.7 Å². The predicted octanol–water partition coefficient (Wildman–Crippen LogP) is 4.97. The number of halogens is 2. The molecule has 1 atom stereocenters. The van der Waals surface area contributed by atoms with Crippen LogP contribution in [0, 0.1) is 18.3 Å². The van der Waals surface area contributed by atoms with E-state index in [1.54, 1.807) is 48.5 Å². The molecule has 1 aliphatic rings. The molecular weight excluding hydrogens is 565 g/mol. The number of carbonyl (C=O) groups is 1. The Bertz CT molecular complexity index is 1990. The van der Waals surface area contributed by atoms with Gasteiger partial charge in [-0.2, -0.15) is 14.9 Å². The van der Waals surface area contributed by atoms with Crippen molar-refractivity contribution in [2.45, 2.75) is 12.8 Å². The smallest absolute Gasteiger partial charge is 0.294 e. The summed E-state index contributed by atoms with van der Waals surface area (Å²) in [6.07, 6.45) is 0. The number of nitrogens with one attached hydrogen (secondary N) is 1. The van der Waals surface area contributed by atoms with Crippen molar-refractivity contribution < 1.29 is 9.53 Å². The fourth-order valence-corrected chi connectivity index (χ4v) is 5.19. The van der Waals surface area contributed by atoms with Gasteiger partial charge in [-0.05, 0) is 48.9 Å². The molecule has 1 unspecified atom stereocenters. The highest BCUT2D eigenvalue weighted by molar-refractivity contribution is 6.35. The highest BCUT2D eigenvalue weighted by atomic mass is 35.5. The molecular formula is C29H19Cl2N7O3. The Morgan fingerprint density at radius 1 is 1.10 bits per heavy atom. The van der Waals surface area contributed by atoms with Gasteiger partial charge in [-0.25, -0.2) is 4.40 Å². The number of nitrogens with zero attached hydrogens (tertiary/aromatic N) is 5. The third kappa shape index (κ3) is 4.47. The van der Waals surface area contributed by atoms with Gasteiger partial charge in [0.2, 0.25) is 23.4 Å². The minimum atomic E-state index is -1.04. The topological polar surface area (TPSA) is 140 Å². The van der Waals surface area contributed by atoms with Gasteiger partial charge in [0.25, 0.3) is 11.5 Å². The third-order valence-electron chi connectivity index (χ3n) is 6.62. The van der Waals surface area contributed by atoms with Crippen molar-refractivity contribution in [2.75, 3.05) is 5.32 Å². The number of fused-ring (bicyclic) bond motifs is 2. The van der Waals surface area contributed by atoms with Crippen LogP contribution in [-0.2, 0) is 0 Å². The molecule has 202 valence electrons. The number of ether oxygens (including phenoxy) is 1. The molecule has 0 radical (unpaired) electrons. The first kappa shape index (κ1) is 26.1. The molecule has 10 nitrogen and oxygen atoms in total. The van der Waals surface area contributed by atoms with Gasteiger partial charge in [0.1, 0.15) is 11.6 Å². The molecule has 0 fully saturated rings. The Kier molecular flexibility index (Phi) is 6.46. The van der Waals surface area contributed by atoms with E-state index in [0.717, 1.165) is 9.96 Å². The SMILES string of the molecule is Cc1ccc(-n2nc(C(=O)Nc3ccccc3)n3c(=O)c4c(nc23)OC(N)=C(C#N)C4c2ccc(Cl)cc2Cl)cc1. The van der Waals surface area contributed by atoms with Crippen LogP contribution in [-0.4, -0.2) is 25.1 Å². The molecule has 1 amide bonds. The summed E-state index contributed by atoms with van der Waals surface area (Å²) in [4.78, 5) is 32.5. The molecule has 0 bridgehead atoms. The van der Waals surface area contributed by atoms with Crippen molar-refractivity contribution in [2.24, 2.45) is 5.73 Å². The Morgan fingerprint density at radius 2 is 1.83 bits per heavy atom. The van der Waals surface area contributed by atoms with Crippen molar-refractivity contribution in [1.82, 2.24) is 19.2 Å². The summed E-state index contributed by atoms with van der Waals surface area (Å²) < 4.78 is 8.17. The van der Waals surface area contributed by atoms with Crippen LogP contribution in [0.4, 0.5) is 5.69 Å². The minimum absolute atomic E-state index is 0.00461. The lowest BCUT2D eigenvalue weighted by Crippen LogP contribution is -2.32. The average molecular weight is 584 g/mol. The van der Waals surface area contributed by atoms with E-state index in [1.807, 2.05) is 31.2 Å². The van der Waals surface area contributed by atoms with E-state index < -0.39 is 17.4 Å². The van der Waals surface area contributed by atoms with Gasteiger partial charge in [-0.15, -0.1) is 5.10 Å². The minimum Gasteiger partial charge on any atom is -0.422 e. The number of rotatable bonds is 4. The molecule has 41 heavy (non-hydrogen) atoms. The van der Waals surface area contributed by atoms with Crippen LogP contribution >= 0.6 is 23.2 Å². The summed E-state index contributed by atoms with van der Waals surface area (Å²) in [7, 11) is 0. The van der Waals surface area contributed by atoms with Crippen LogP contribution < -0.4 is 21.3 Å². The monoisotopic (exact) mass is 583 g/mol. The summed E-state index contributed by atoms with van der Waals surface area (Å²) in [5.41, 5.74) is 7.83. The third-order valence-corrected chi connectivity index (χ3v) is 7.18. The second-order valence-electron chi connectivity index (χ2n) is 9.25. The standard InChI is InChI=1S/C29H19Cl2N7O3/c1-15-7-10-18(11-8-15)38-29-35-27-23(22(20(14-32)24(33)41-27)19-12-9-16(30)13-21(19)31)28(40)37(29)25(36-38)26(39)34-17-5-3-2-4-6-17/h2-13,22H,33H2,1H3,(H,34,39). The number of para-hydroxylation sites is 1. The molecule has 12 heteroatoms. The van der Waals surface area contributed by atoms with Crippen LogP contribution in [0.25, 0.3) is 11.5 Å². The van der Waals surface area contributed by atoms with Crippen LogP contribution in [0.1, 0.15) is 33.2 Å². The largest absolute Gasteiger partial charge is 0.422 e. The van der Waals surface area contributed by atoms with Gasteiger partial charge >= 0.3 is 0 Å². The molecule has 0 saturated carbocycles. The van der Waals surface area contributed by atoms with Crippen LogP contribution in [0.15, 0.2) is 89.0 Å². The fraction of sp³-hybridized carbons (Fsp3) is 0.0690. The number of aryl methyl sites for hydroxylation is 1. The van der Waals surface area contributed by atoms with Crippen LogP contribution in [0.5, 0.6) is 5.88 Å². The quantitative estimate of drug-likeness (QED) is 0.304. The van der Waals surface area contributed by atoms with Crippen molar-refractivity contribution in [3.05, 3.63) is 127 Å². The summed E-state index contributed by atoms with van der Waals surface area (Å²) in [6.45, 7) is 1.93. The number of carbonyl (C=O) groups excluding carboxylic acids is 1. The lowest BCUT2D eigenvalue weighted by molar-refractivity contribution is 0.101. The van der Waals surface area contributed by atoms with Gasteiger partial charge in [0.05, 0.1) is 17.2 Å². The Morgan fingerprint density at radius 3 is 2.51 bits per heavy atom. The number of hydrogen-bond acceptors (Lipinski definition) is 7. The second-order valence-corrected chi connectivity index (χ2v) is 10.1. The number of allylic oxidation sites excluding steroid dienone is 1. The number of benzene rings is 3. The second kappa shape index (κ2) is 10.1. The molecule has 0 saturated heterocycles. The summed E-state index contributed by atoms with van der Waals surface area (Å²) in [5, 5.41) is 17.8. The highest BCUT2D eigenvalue weighted by Crippen LogP contribution is 2.42. The maximum absolute atomic E-state index is 14.3. The van der Waals surface area contributed by atoms with E-state index in [-0.39, 0.29) is 39.5 Å². The van der Waals surface area contributed by atoms with E-state index in [9.17, 15) is 14.9 Å². The van der Waals surface area contributed by atoms with E-state index in [0.29, 0.717) is 22.0 Å². The fourth-order valence-electron chi connectivity index (χ4n) is 4.67. The van der Waals surface area contributed by atoms with Crippen LogP contribution in [0.2, 0.25) is 10.0 Å². The Balaban J connectivity index is 1.65. The maximum Gasteiger partial charge on any atom is 0.294 e. The summed E-state index contributed by atoms with van der Waals surface area (Å²) in [6, 6.07) is 22.8. The zero-order chi connectivity index (χ0) is 28.8. The van der Waals surface area contributed by atoms with E-state index >= 15 is 0 Å². The molecule has 1 aliphatic heterocycles. The molecule has 3 heterocycles. The van der Waals surface area contributed by atoms with Gasteiger partial charge in [0.15, 0.2) is 0 Å². The number of aromatic nitrogens is 4. The number of nitriles is 1. The zero-order valence-corrected chi connectivity index (χ0v) is 22.8. The molecule has 3 aromatic carbocycles. The molecule has 0 aliphatic carbocycles. The number of anilines is 1. The van der Waals surface area contributed by atoms with Crippen molar-refractivity contribution in [3.63, 3.8) is 0 Å². The molecule has 2 aromatic heterocycles. The Hall–Kier alpha value is -5.11. The lowest BCUT2D eigenvalue weighted by Gasteiger charge is -2.25. The van der Waals surface area contributed by atoms with Gasteiger partial charge in [-0.3, -0.25) is 9.59 Å². The van der Waals surface area contributed by atoms with Gasteiger partial charge in [0, 0.05) is 15.7 Å². The summed E-state index contributed by atoms with van der Waals surface area (Å²) in [5.74, 6) is -2.28.